The SMILES string of the molecule is CCC(C)c1ccc(Oc2ccc(CN)cn2)cc1. The van der Waals surface area contributed by atoms with Crippen LogP contribution in [0, 0.1) is 0 Å². The van der Waals surface area contributed by atoms with E-state index in [1.807, 2.05) is 24.3 Å². The highest BCUT2D eigenvalue weighted by Gasteiger charge is 2.03. The molecule has 2 rings (SSSR count). The third kappa shape index (κ3) is 3.55. The van der Waals surface area contributed by atoms with Crippen LogP contribution in [-0.2, 0) is 6.54 Å². The molecule has 0 aliphatic rings. The van der Waals surface area contributed by atoms with Crippen LogP contribution in [0.3, 0.4) is 0 Å². The number of hydrogen-bond donors (Lipinski definition) is 1. The summed E-state index contributed by atoms with van der Waals surface area (Å²) >= 11 is 0. The Morgan fingerprint density at radius 2 is 1.89 bits per heavy atom. The first-order valence-electron chi connectivity index (χ1n) is 6.65. The van der Waals surface area contributed by atoms with Gasteiger partial charge in [0.25, 0.3) is 0 Å². The van der Waals surface area contributed by atoms with Gasteiger partial charge >= 0.3 is 0 Å². The van der Waals surface area contributed by atoms with Gasteiger partial charge in [0.1, 0.15) is 5.75 Å². The summed E-state index contributed by atoms with van der Waals surface area (Å²) in [5.74, 6) is 1.98. The Kier molecular flexibility index (Phi) is 4.53. The number of hydrogen-bond acceptors (Lipinski definition) is 3. The van der Waals surface area contributed by atoms with Crippen LogP contribution >= 0.6 is 0 Å². The average molecular weight is 256 g/mol. The molecular formula is C16H20N2O. The summed E-state index contributed by atoms with van der Waals surface area (Å²) in [5.41, 5.74) is 7.86. The van der Waals surface area contributed by atoms with Crippen molar-refractivity contribution < 1.29 is 4.74 Å². The van der Waals surface area contributed by atoms with Crippen molar-refractivity contribution in [1.29, 1.82) is 0 Å². The number of aromatic nitrogens is 1. The van der Waals surface area contributed by atoms with Gasteiger partial charge in [-0.2, -0.15) is 0 Å². The van der Waals surface area contributed by atoms with E-state index in [0.29, 0.717) is 18.3 Å². The van der Waals surface area contributed by atoms with Crippen molar-refractivity contribution in [3.63, 3.8) is 0 Å². The van der Waals surface area contributed by atoms with E-state index in [9.17, 15) is 0 Å². The van der Waals surface area contributed by atoms with Gasteiger partial charge in [-0.15, -0.1) is 0 Å². The molecule has 0 fully saturated rings. The number of rotatable bonds is 5. The number of benzene rings is 1. The molecule has 100 valence electrons. The van der Waals surface area contributed by atoms with Gasteiger partial charge in [0, 0.05) is 18.8 Å². The maximum atomic E-state index is 5.69. The predicted octanol–water partition coefficient (Wildman–Crippen LogP) is 3.85. The molecule has 1 aromatic carbocycles. The molecule has 1 heterocycles. The highest BCUT2D eigenvalue weighted by atomic mass is 16.5. The van der Waals surface area contributed by atoms with Gasteiger partial charge in [0.15, 0.2) is 0 Å². The highest BCUT2D eigenvalue weighted by Crippen LogP contribution is 2.24. The van der Waals surface area contributed by atoms with Crippen LogP contribution in [0.15, 0.2) is 42.6 Å². The summed E-state index contributed by atoms with van der Waals surface area (Å²) in [7, 11) is 0. The lowest BCUT2D eigenvalue weighted by Gasteiger charge is -2.10. The standard InChI is InChI=1S/C16H20N2O/c1-3-12(2)14-5-7-15(8-6-14)19-16-9-4-13(10-17)11-18-16/h4-9,11-12H,3,10,17H2,1-2H3. The van der Waals surface area contributed by atoms with Gasteiger partial charge in [-0.05, 0) is 35.6 Å². The minimum absolute atomic E-state index is 0.497. The first kappa shape index (κ1) is 13.6. The van der Waals surface area contributed by atoms with E-state index in [4.69, 9.17) is 10.5 Å². The summed E-state index contributed by atoms with van der Waals surface area (Å²) in [6.07, 6.45) is 2.88. The summed E-state index contributed by atoms with van der Waals surface area (Å²) in [5, 5.41) is 0. The maximum absolute atomic E-state index is 5.69. The van der Waals surface area contributed by atoms with E-state index < -0.39 is 0 Å². The second-order valence-corrected chi connectivity index (χ2v) is 4.69. The monoisotopic (exact) mass is 256 g/mol. The van der Waals surface area contributed by atoms with Crippen molar-refractivity contribution in [2.75, 3.05) is 0 Å². The van der Waals surface area contributed by atoms with E-state index in [2.05, 4.69) is 31.0 Å². The fraction of sp³-hybridized carbons (Fsp3) is 0.312. The van der Waals surface area contributed by atoms with Crippen molar-refractivity contribution >= 4 is 0 Å². The Labute approximate surface area is 114 Å². The van der Waals surface area contributed by atoms with E-state index in [-0.39, 0.29) is 0 Å². The quantitative estimate of drug-likeness (QED) is 0.884. The van der Waals surface area contributed by atoms with Crippen LogP contribution in [0.5, 0.6) is 11.6 Å². The number of pyridine rings is 1. The Balaban J connectivity index is 2.06. The van der Waals surface area contributed by atoms with Crippen LogP contribution in [0.1, 0.15) is 37.3 Å². The molecule has 1 unspecified atom stereocenters. The lowest BCUT2D eigenvalue weighted by molar-refractivity contribution is 0.462. The molecule has 0 saturated carbocycles. The molecule has 3 heteroatoms. The molecule has 0 amide bonds. The van der Waals surface area contributed by atoms with E-state index >= 15 is 0 Å². The van der Waals surface area contributed by atoms with Crippen molar-refractivity contribution in [3.05, 3.63) is 53.7 Å². The Hall–Kier alpha value is -1.87. The zero-order chi connectivity index (χ0) is 13.7. The second-order valence-electron chi connectivity index (χ2n) is 4.69. The minimum atomic E-state index is 0.497. The van der Waals surface area contributed by atoms with Crippen molar-refractivity contribution in [2.45, 2.75) is 32.7 Å². The van der Waals surface area contributed by atoms with Gasteiger partial charge in [-0.3, -0.25) is 0 Å². The fourth-order valence-electron chi connectivity index (χ4n) is 1.81. The molecule has 0 saturated heterocycles. The van der Waals surface area contributed by atoms with E-state index in [1.165, 1.54) is 5.56 Å². The van der Waals surface area contributed by atoms with Crippen LogP contribution in [0.2, 0.25) is 0 Å². The van der Waals surface area contributed by atoms with Gasteiger partial charge < -0.3 is 10.5 Å². The molecule has 2 aromatic rings. The first-order chi connectivity index (χ1) is 9.22. The molecule has 1 atom stereocenters. The summed E-state index contributed by atoms with van der Waals surface area (Å²) in [6, 6.07) is 12.0. The lowest BCUT2D eigenvalue weighted by atomic mass is 9.99. The molecule has 0 bridgehead atoms. The van der Waals surface area contributed by atoms with E-state index in [1.54, 1.807) is 6.20 Å². The zero-order valence-corrected chi connectivity index (χ0v) is 11.5. The van der Waals surface area contributed by atoms with Crippen LogP contribution in [0.25, 0.3) is 0 Å². The van der Waals surface area contributed by atoms with Gasteiger partial charge in [-0.1, -0.05) is 32.0 Å². The van der Waals surface area contributed by atoms with Gasteiger partial charge in [0.05, 0.1) is 0 Å². The highest BCUT2D eigenvalue weighted by molar-refractivity contribution is 5.32. The Bertz CT molecular complexity index is 505. The Morgan fingerprint density at radius 1 is 1.16 bits per heavy atom. The lowest BCUT2D eigenvalue weighted by Crippen LogP contribution is -1.97. The average Bonchev–Trinajstić information content (AvgIpc) is 2.48. The van der Waals surface area contributed by atoms with Crippen molar-refractivity contribution in [1.82, 2.24) is 4.98 Å². The molecule has 0 aliphatic heterocycles. The largest absolute Gasteiger partial charge is 0.439 e. The topological polar surface area (TPSA) is 48.1 Å². The van der Waals surface area contributed by atoms with Gasteiger partial charge in [0.2, 0.25) is 5.88 Å². The third-order valence-electron chi connectivity index (χ3n) is 3.32. The van der Waals surface area contributed by atoms with Crippen LogP contribution in [0.4, 0.5) is 0 Å². The molecule has 3 nitrogen and oxygen atoms in total. The summed E-state index contributed by atoms with van der Waals surface area (Å²) < 4.78 is 5.69. The van der Waals surface area contributed by atoms with Gasteiger partial charge in [-0.25, -0.2) is 4.98 Å². The maximum Gasteiger partial charge on any atom is 0.219 e. The zero-order valence-electron chi connectivity index (χ0n) is 11.5. The molecule has 2 N–H and O–H groups in total. The Morgan fingerprint density at radius 3 is 2.42 bits per heavy atom. The minimum Gasteiger partial charge on any atom is -0.439 e. The number of nitrogens with zero attached hydrogens (tertiary/aromatic N) is 1. The normalized spacial score (nSPS) is 12.2. The molecule has 19 heavy (non-hydrogen) atoms. The molecule has 0 radical (unpaired) electrons. The molecular weight excluding hydrogens is 236 g/mol. The summed E-state index contributed by atoms with van der Waals surface area (Å²) in [4.78, 5) is 4.22. The van der Waals surface area contributed by atoms with Crippen molar-refractivity contribution in [3.8, 4) is 11.6 Å². The molecule has 0 spiro atoms. The van der Waals surface area contributed by atoms with Crippen LogP contribution < -0.4 is 10.5 Å². The first-order valence-corrected chi connectivity index (χ1v) is 6.65. The van der Waals surface area contributed by atoms with Crippen LogP contribution in [-0.4, -0.2) is 4.98 Å². The summed E-state index contributed by atoms with van der Waals surface area (Å²) in [6.45, 7) is 4.91. The predicted molar refractivity (Wildman–Crippen MR) is 77.4 cm³/mol. The van der Waals surface area contributed by atoms with E-state index in [0.717, 1.165) is 17.7 Å². The second kappa shape index (κ2) is 6.34. The van der Waals surface area contributed by atoms with Crippen molar-refractivity contribution in [2.24, 2.45) is 5.73 Å². The number of nitrogens with two attached hydrogens (primary N) is 1. The smallest absolute Gasteiger partial charge is 0.219 e. The number of ether oxygens (including phenoxy) is 1. The molecule has 1 aromatic heterocycles. The fourth-order valence-corrected chi connectivity index (χ4v) is 1.81. The third-order valence-corrected chi connectivity index (χ3v) is 3.32. The molecule has 0 aliphatic carbocycles.